The molecule has 0 spiro atoms. The molecule has 19 heavy (non-hydrogen) atoms. The van der Waals surface area contributed by atoms with Crippen LogP contribution in [-0.4, -0.2) is 36.5 Å². The lowest BCUT2D eigenvalue weighted by Crippen LogP contribution is -2.58. The zero-order chi connectivity index (χ0) is 14.4. The molecule has 0 aromatic rings. The van der Waals surface area contributed by atoms with Gasteiger partial charge in [-0.05, 0) is 11.5 Å². The topological polar surface area (TPSA) is 66.8 Å². The Balaban J connectivity index is 2.26. The average Bonchev–Trinajstić information content (AvgIpc) is 2.54. The number of aliphatic carboxylic acids is 1. The van der Waals surface area contributed by atoms with Crippen LogP contribution >= 0.6 is 11.8 Å². The zero-order valence-corrected chi connectivity index (χ0v) is 13.9. The van der Waals surface area contributed by atoms with E-state index in [0.717, 1.165) is 6.42 Å². The smallest absolute Gasteiger partial charge is 0.357 e. The number of β-lactam (4-membered cyclic amide) rings is 1. The molecule has 5 nitrogen and oxygen atoms in total. The fourth-order valence-electron chi connectivity index (χ4n) is 2.17. The van der Waals surface area contributed by atoms with E-state index in [2.05, 4.69) is 20.8 Å². The van der Waals surface area contributed by atoms with Crippen LogP contribution in [0.2, 0.25) is 5.04 Å². The molecule has 1 fully saturated rings. The highest BCUT2D eigenvalue weighted by Gasteiger charge is 2.60. The predicted octanol–water partition coefficient (Wildman–Crippen LogP) is 1.64. The molecule has 0 saturated carbocycles. The van der Waals surface area contributed by atoms with E-state index in [1.54, 1.807) is 0 Å². The number of fused-ring (bicyclic) bond motifs is 1. The quantitative estimate of drug-likeness (QED) is 0.631. The minimum atomic E-state index is -1.08. The number of thioether (sulfide) groups is 1. The number of amides is 1. The first-order valence-corrected chi connectivity index (χ1v) is 8.43. The molecule has 1 N–H and O–H groups in total. The van der Waals surface area contributed by atoms with Gasteiger partial charge in [-0.15, -0.1) is 0 Å². The van der Waals surface area contributed by atoms with Gasteiger partial charge in [-0.1, -0.05) is 39.5 Å². The molecule has 106 valence electrons. The summed E-state index contributed by atoms with van der Waals surface area (Å²) in [5.74, 6) is -1.20. The molecule has 2 rings (SSSR count). The van der Waals surface area contributed by atoms with Crippen LogP contribution in [0, 0.1) is 0 Å². The Kier molecular flexibility index (Phi) is 3.46. The normalized spacial score (nSPS) is 26.9. The third-order valence-corrected chi connectivity index (χ3v) is 6.18. The van der Waals surface area contributed by atoms with Crippen molar-refractivity contribution in [1.82, 2.24) is 4.90 Å². The van der Waals surface area contributed by atoms with Crippen molar-refractivity contribution in [2.75, 3.05) is 0 Å². The molecule has 1 amide bonds. The van der Waals surface area contributed by atoms with Gasteiger partial charge in [0.2, 0.25) is 15.7 Å². The SMILES string of the molecule is CC[C@@]12CC(=O)N1C(C(=O)O)=C(O[SiH2]C(C)(C)C)S2. The number of carbonyl (C=O) groups excluding carboxylic acids is 1. The van der Waals surface area contributed by atoms with Gasteiger partial charge in [0.05, 0.1) is 6.42 Å². The largest absolute Gasteiger partial charge is 0.543 e. The van der Waals surface area contributed by atoms with Crippen molar-refractivity contribution in [3.05, 3.63) is 10.8 Å². The van der Waals surface area contributed by atoms with E-state index in [9.17, 15) is 14.7 Å². The minimum absolute atomic E-state index is 0.0415. The first kappa shape index (κ1) is 14.5. The monoisotopic (exact) mass is 301 g/mol. The lowest BCUT2D eigenvalue weighted by atomic mass is 9.97. The van der Waals surface area contributed by atoms with Gasteiger partial charge < -0.3 is 9.53 Å². The Labute approximate surface area is 119 Å². The van der Waals surface area contributed by atoms with Gasteiger partial charge >= 0.3 is 5.97 Å². The Morgan fingerprint density at radius 1 is 1.58 bits per heavy atom. The summed E-state index contributed by atoms with van der Waals surface area (Å²) in [6.45, 7) is 8.20. The molecule has 0 radical (unpaired) electrons. The maximum atomic E-state index is 11.7. The number of nitrogens with zero attached hydrogens (tertiary/aromatic N) is 1. The molecule has 2 heterocycles. The van der Waals surface area contributed by atoms with Crippen molar-refractivity contribution < 1.29 is 19.1 Å². The number of hydrogen-bond donors (Lipinski definition) is 1. The molecule has 0 aromatic heterocycles. The molecule has 1 atom stereocenters. The van der Waals surface area contributed by atoms with E-state index < -0.39 is 20.6 Å². The lowest BCUT2D eigenvalue weighted by Gasteiger charge is -2.45. The summed E-state index contributed by atoms with van der Waals surface area (Å²) in [5, 5.41) is 9.85. The van der Waals surface area contributed by atoms with Crippen molar-refractivity contribution in [2.24, 2.45) is 0 Å². The van der Waals surface area contributed by atoms with Crippen LogP contribution in [-0.2, 0) is 14.0 Å². The van der Waals surface area contributed by atoms with Crippen LogP contribution in [0.25, 0.3) is 0 Å². The second-order valence-electron chi connectivity index (χ2n) is 6.10. The Bertz CT molecular complexity index is 471. The van der Waals surface area contributed by atoms with E-state index in [0.29, 0.717) is 11.5 Å². The van der Waals surface area contributed by atoms with E-state index in [-0.39, 0.29) is 16.6 Å². The summed E-state index contributed by atoms with van der Waals surface area (Å²) >= 11 is 1.41. The third kappa shape index (κ3) is 2.41. The molecular weight excluding hydrogens is 282 g/mol. The fourth-order valence-corrected chi connectivity index (χ4v) is 4.53. The van der Waals surface area contributed by atoms with Crippen LogP contribution in [0.4, 0.5) is 0 Å². The van der Waals surface area contributed by atoms with E-state index in [1.165, 1.54) is 16.7 Å². The molecule has 7 heteroatoms. The van der Waals surface area contributed by atoms with Crippen molar-refractivity contribution in [3.8, 4) is 0 Å². The van der Waals surface area contributed by atoms with Gasteiger partial charge in [-0.25, -0.2) is 4.79 Å². The maximum Gasteiger partial charge on any atom is 0.357 e. The number of carboxylic acid groups (broad SMARTS) is 1. The van der Waals surface area contributed by atoms with Gasteiger partial charge in [0.25, 0.3) is 0 Å². The molecule has 0 bridgehead atoms. The number of carbonyl (C=O) groups is 2. The van der Waals surface area contributed by atoms with Gasteiger partial charge in [-0.3, -0.25) is 9.69 Å². The van der Waals surface area contributed by atoms with Crippen LogP contribution in [0.1, 0.15) is 40.5 Å². The maximum absolute atomic E-state index is 11.7. The molecule has 0 aromatic carbocycles. The zero-order valence-electron chi connectivity index (χ0n) is 11.6. The van der Waals surface area contributed by atoms with E-state index in [4.69, 9.17) is 4.43 Å². The Morgan fingerprint density at radius 2 is 2.21 bits per heavy atom. The van der Waals surface area contributed by atoms with E-state index in [1.807, 2.05) is 6.92 Å². The fraction of sp³-hybridized carbons (Fsp3) is 0.667. The number of rotatable bonds is 4. The Hall–Kier alpha value is -0.953. The van der Waals surface area contributed by atoms with Crippen molar-refractivity contribution in [2.45, 2.75) is 50.4 Å². The second-order valence-corrected chi connectivity index (χ2v) is 10.1. The standard InChI is InChI=1S/C12H19NO4SSi/c1-5-12-6-7(14)13(12)8(9(15)16)10(18-12)17-19-11(2,3)4/h5-6,19H2,1-4H3,(H,15,16)/t12-/m1/s1. The van der Waals surface area contributed by atoms with Crippen molar-refractivity contribution in [1.29, 1.82) is 0 Å². The molecule has 0 aliphatic carbocycles. The van der Waals surface area contributed by atoms with Gasteiger partial charge in [0.15, 0.2) is 10.8 Å². The first-order chi connectivity index (χ1) is 8.70. The van der Waals surface area contributed by atoms with Crippen LogP contribution in [0.3, 0.4) is 0 Å². The van der Waals surface area contributed by atoms with Gasteiger partial charge in [0, 0.05) is 0 Å². The summed E-state index contributed by atoms with van der Waals surface area (Å²) in [7, 11) is -0.892. The summed E-state index contributed by atoms with van der Waals surface area (Å²) in [4.78, 5) is 24.1. The molecule has 1 saturated heterocycles. The third-order valence-electron chi connectivity index (χ3n) is 3.18. The minimum Gasteiger partial charge on any atom is -0.543 e. The lowest BCUT2D eigenvalue weighted by molar-refractivity contribution is -0.150. The van der Waals surface area contributed by atoms with Crippen LogP contribution in [0.5, 0.6) is 0 Å². The van der Waals surface area contributed by atoms with Crippen molar-refractivity contribution in [3.63, 3.8) is 0 Å². The van der Waals surface area contributed by atoms with Crippen LogP contribution < -0.4 is 0 Å². The highest BCUT2D eigenvalue weighted by Crippen LogP contribution is 2.56. The first-order valence-electron chi connectivity index (χ1n) is 6.33. The Morgan fingerprint density at radius 3 is 2.63 bits per heavy atom. The number of hydrogen-bond acceptors (Lipinski definition) is 4. The van der Waals surface area contributed by atoms with Gasteiger partial charge in [0.1, 0.15) is 4.87 Å². The van der Waals surface area contributed by atoms with E-state index >= 15 is 0 Å². The summed E-state index contributed by atoms with van der Waals surface area (Å²) in [6, 6.07) is 0. The highest BCUT2D eigenvalue weighted by molar-refractivity contribution is 8.04. The summed E-state index contributed by atoms with van der Waals surface area (Å²) in [6.07, 6.45) is 1.12. The highest BCUT2D eigenvalue weighted by atomic mass is 32.2. The van der Waals surface area contributed by atoms with Crippen LogP contribution in [0.15, 0.2) is 10.8 Å². The molecule has 0 unspecified atom stereocenters. The second kappa shape index (κ2) is 4.55. The number of carboxylic acids is 1. The van der Waals surface area contributed by atoms with Crippen molar-refractivity contribution >= 4 is 33.4 Å². The molecular formula is C12H19NO4SSi. The molecule has 2 aliphatic heterocycles. The predicted molar refractivity (Wildman–Crippen MR) is 76.1 cm³/mol. The molecule has 2 aliphatic rings. The summed E-state index contributed by atoms with van der Waals surface area (Å²) < 4.78 is 5.80. The summed E-state index contributed by atoms with van der Waals surface area (Å²) in [5.41, 5.74) is 0.0415. The van der Waals surface area contributed by atoms with Gasteiger partial charge in [-0.2, -0.15) is 0 Å². The average molecular weight is 301 g/mol.